The number of aliphatic hydroxyl groups is 1. The number of β-amino-alcohol motifs (C(OH)–C–C–N with tert-alkyl or cyclic N) is 1. The van der Waals surface area contributed by atoms with E-state index >= 15 is 0 Å². The van der Waals surface area contributed by atoms with Crippen molar-refractivity contribution in [1.29, 1.82) is 0 Å². The van der Waals surface area contributed by atoms with Gasteiger partial charge in [-0.05, 0) is 13.8 Å². The Bertz CT molecular complexity index is 573. The van der Waals surface area contributed by atoms with Crippen LogP contribution in [0.15, 0.2) is 12.7 Å². The van der Waals surface area contributed by atoms with Gasteiger partial charge in [0.05, 0.1) is 12.9 Å². The molecule has 2 N–H and O–H groups in total. The van der Waals surface area contributed by atoms with E-state index < -0.39 is 0 Å². The monoisotopic (exact) mass is 276 g/mol. The van der Waals surface area contributed by atoms with E-state index in [1.54, 1.807) is 12.7 Å². The zero-order chi connectivity index (χ0) is 14.1. The van der Waals surface area contributed by atoms with Gasteiger partial charge in [0.1, 0.15) is 11.8 Å². The molecule has 0 bridgehead atoms. The first kappa shape index (κ1) is 13.3. The van der Waals surface area contributed by atoms with Crippen LogP contribution in [0.1, 0.15) is 13.8 Å². The predicted molar refractivity (Wildman–Crippen MR) is 76.6 cm³/mol. The van der Waals surface area contributed by atoms with Crippen molar-refractivity contribution in [1.82, 2.24) is 24.8 Å². The molecule has 3 rings (SSSR count). The second-order valence-corrected chi connectivity index (χ2v) is 5.36. The summed E-state index contributed by atoms with van der Waals surface area (Å²) in [6.07, 6.45) is 3.21. The Hall–Kier alpha value is -1.73. The predicted octanol–water partition coefficient (Wildman–Crippen LogP) is 0.244. The van der Waals surface area contributed by atoms with Crippen LogP contribution in [-0.2, 0) is 0 Å². The average molecular weight is 276 g/mol. The number of nitrogens with one attached hydrogen (secondary N) is 1. The highest BCUT2D eigenvalue weighted by molar-refractivity contribution is 5.82. The summed E-state index contributed by atoms with van der Waals surface area (Å²) < 4.78 is 0. The quantitative estimate of drug-likeness (QED) is 0.836. The lowest BCUT2D eigenvalue weighted by Gasteiger charge is -2.44. The van der Waals surface area contributed by atoms with Gasteiger partial charge in [-0.25, -0.2) is 15.0 Å². The number of imidazole rings is 1. The molecule has 7 heteroatoms. The second kappa shape index (κ2) is 5.34. The molecular formula is C13H20N6O. The number of piperazine rings is 1. The number of fused-ring (bicyclic) bond motifs is 1. The zero-order valence-corrected chi connectivity index (χ0v) is 11.8. The van der Waals surface area contributed by atoms with Crippen molar-refractivity contribution in [3.05, 3.63) is 12.7 Å². The first-order valence-corrected chi connectivity index (χ1v) is 6.96. The van der Waals surface area contributed by atoms with E-state index in [0.29, 0.717) is 17.7 Å². The molecule has 2 atom stereocenters. The van der Waals surface area contributed by atoms with Gasteiger partial charge in [0.25, 0.3) is 0 Å². The van der Waals surface area contributed by atoms with Crippen LogP contribution in [0.5, 0.6) is 0 Å². The summed E-state index contributed by atoms with van der Waals surface area (Å²) >= 11 is 0. The fourth-order valence-electron chi connectivity index (χ4n) is 3.08. The Balaban J connectivity index is 1.87. The number of aromatic nitrogens is 4. The maximum Gasteiger partial charge on any atom is 0.182 e. The lowest BCUT2D eigenvalue weighted by atomic mass is 10.1. The molecule has 7 nitrogen and oxygen atoms in total. The van der Waals surface area contributed by atoms with Crippen molar-refractivity contribution >= 4 is 17.0 Å². The van der Waals surface area contributed by atoms with Gasteiger partial charge in [-0.2, -0.15) is 0 Å². The number of H-pyrrole nitrogens is 1. The van der Waals surface area contributed by atoms with Crippen molar-refractivity contribution in [3.8, 4) is 0 Å². The number of rotatable bonds is 3. The molecule has 2 aromatic rings. The Kier molecular flexibility index (Phi) is 3.54. The molecule has 0 radical (unpaired) electrons. The highest BCUT2D eigenvalue weighted by Crippen LogP contribution is 2.24. The van der Waals surface area contributed by atoms with Crippen LogP contribution in [0.3, 0.4) is 0 Å². The molecule has 0 saturated carbocycles. The van der Waals surface area contributed by atoms with E-state index in [0.717, 1.165) is 31.0 Å². The molecule has 1 saturated heterocycles. The van der Waals surface area contributed by atoms with Gasteiger partial charge in [-0.15, -0.1) is 0 Å². The molecule has 2 aromatic heterocycles. The van der Waals surface area contributed by atoms with Gasteiger partial charge in [0.15, 0.2) is 11.5 Å². The topological polar surface area (TPSA) is 81.2 Å². The summed E-state index contributed by atoms with van der Waals surface area (Å²) in [5.74, 6) is 0.912. The van der Waals surface area contributed by atoms with Gasteiger partial charge in [-0.1, -0.05) is 0 Å². The van der Waals surface area contributed by atoms with Gasteiger partial charge < -0.3 is 15.0 Å². The summed E-state index contributed by atoms with van der Waals surface area (Å²) in [7, 11) is 0. The largest absolute Gasteiger partial charge is 0.395 e. The molecule has 3 heterocycles. The second-order valence-electron chi connectivity index (χ2n) is 5.36. The van der Waals surface area contributed by atoms with Crippen LogP contribution in [-0.4, -0.2) is 68.3 Å². The number of nitrogens with zero attached hydrogens (tertiary/aromatic N) is 5. The van der Waals surface area contributed by atoms with E-state index in [2.05, 4.69) is 43.6 Å². The molecule has 0 unspecified atom stereocenters. The van der Waals surface area contributed by atoms with Crippen LogP contribution < -0.4 is 4.90 Å². The molecule has 20 heavy (non-hydrogen) atoms. The minimum atomic E-state index is 0.201. The first-order valence-electron chi connectivity index (χ1n) is 6.96. The summed E-state index contributed by atoms with van der Waals surface area (Å²) in [5, 5.41) is 9.16. The van der Waals surface area contributed by atoms with Crippen LogP contribution in [0.4, 0.5) is 5.82 Å². The Labute approximate surface area is 117 Å². The summed E-state index contributed by atoms with van der Waals surface area (Å²) in [5.41, 5.74) is 1.59. The molecule has 0 spiro atoms. The molecule has 108 valence electrons. The third-order valence-electron chi connectivity index (χ3n) is 3.96. The standard InChI is InChI=1S/C13H20N6O/c1-9-5-18(6-10(2)19(9)3-4-20)13-11-12(15-7-14-11)16-8-17-13/h7-10,20H,3-6H2,1-2H3,(H,14,15,16,17)/t9-,10+. The summed E-state index contributed by atoms with van der Waals surface area (Å²) in [4.78, 5) is 20.5. The first-order chi connectivity index (χ1) is 9.70. The maximum absolute atomic E-state index is 9.16. The van der Waals surface area contributed by atoms with Gasteiger partial charge in [-0.3, -0.25) is 4.90 Å². The summed E-state index contributed by atoms with van der Waals surface area (Å²) in [6, 6.07) is 0.748. The van der Waals surface area contributed by atoms with Gasteiger partial charge in [0, 0.05) is 31.7 Å². The van der Waals surface area contributed by atoms with E-state index in [-0.39, 0.29) is 6.61 Å². The molecular weight excluding hydrogens is 256 g/mol. The fraction of sp³-hybridized carbons (Fsp3) is 0.615. The van der Waals surface area contributed by atoms with E-state index in [1.807, 2.05) is 0 Å². The summed E-state index contributed by atoms with van der Waals surface area (Å²) in [6.45, 7) is 7.06. The zero-order valence-electron chi connectivity index (χ0n) is 11.8. The third kappa shape index (κ3) is 2.23. The lowest BCUT2D eigenvalue weighted by molar-refractivity contribution is 0.103. The number of hydrogen-bond donors (Lipinski definition) is 2. The maximum atomic E-state index is 9.16. The van der Waals surface area contributed by atoms with Crippen molar-refractivity contribution in [2.24, 2.45) is 0 Å². The minimum absolute atomic E-state index is 0.201. The highest BCUT2D eigenvalue weighted by Gasteiger charge is 2.30. The molecule has 0 amide bonds. The molecule has 1 aliphatic rings. The Morgan fingerprint density at radius 1 is 1.25 bits per heavy atom. The average Bonchev–Trinajstić information content (AvgIpc) is 2.90. The minimum Gasteiger partial charge on any atom is -0.395 e. The SMILES string of the molecule is C[C@@H]1CN(c2ncnc3nc[nH]c23)C[C@H](C)N1CCO. The van der Waals surface area contributed by atoms with E-state index in [1.165, 1.54) is 0 Å². The fourth-order valence-corrected chi connectivity index (χ4v) is 3.08. The van der Waals surface area contributed by atoms with Crippen molar-refractivity contribution in [2.75, 3.05) is 31.1 Å². The number of hydrogen-bond acceptors (Lipinski definition) is 6. The number of anilines is 1. The van der Waals surface area contributed by atoms with Crippen molar-refractivity contribution < 1.29 is 5.11 Å². The van der Waals surface area contributed by atoms with Crippen LogP contribution in [0.2, 0.25) is 0 Å². The lowest BCUT2D eigenvalue weighted by Crippen LogP contribution is -2.57. The Morgan fingerprint density at radius 3 is 2.70 bits per heavy atom. The van der Waals surface area contributed by atoms with E-state index in [9.17, 15) is 0 Å². The van der Waals surface area contributed by atoms with Crippen LogP contribution in [0, 0.1) is 0 Å². The van der Waals surface area contributed by atoms with Gasteiger partial charge in [0.2, 0.25) is 0 Å². The van der Waals surface area contributed by atoms with Crippen molar-refractivity contribution in [2.45, 2.75) is 25.9 Å². The molecule has 1 aliphatic heterocycles. The molecule has 0 aromatic carbocycles. The van der Waals surface area contributed by atoms with Crippen molar-refractivity contribution in [3.63, 3.8) is 0 Å². The highest BCUT2D eigenvalue weighted by atomic mass is 16.3. The van der Waals surface area contributed by atoms with E-state index in [4.69, 9.17) is 5.11 Å². The molecule has 0 aliphatic carbocycles. The smallest absolute Gasteiger partial charge is 0.182 e. The third-order valence-corrected chi connectivity index (χ3v) is 3.96. The number of aromatic amines is 1. The Morgan fingerprint density at radius 2 is 2.00 bits per heavy atom. The molecule has 1 fully saturated rings. The van der Waals surface area contributed by atoms with Crippen LogP contribution in [0.25, 0.3) is 11.2 Å². The van der Waals surface area contributed by atoms with Gasteiger partial charge >= 0.3 is 0 Å². The van der Waals surface area contributed by atoms with Crippen LogP contribution >= 0.6 is 0 Å². The number of aliphatic hydroxyl groups excluding tert-OH is 1. The normalized spacial score (nSPS) is 24.4.